The number of rotatable bonds is 6. The summed E-state index contributed by atoms with van der Waals surface area (Å²) < 4.78 is 0. The van der Waals surface area contributed by atoms with Crippen molar-refractivity contribution in [2.45, 2.75) is 25.4 Å². The summed E-state index contributed by atoms with van der Waals surface area (Å²) in [6, 6.07) is 21.7. The molecule has 0 spiro atoms. The van der Waals surface area contributed by atoms with Gasteiger partial charge in [0, 0.05) is 6.42 Å². The fourth-order valence-corrected chi connectivity index (χ4v) is 3.22. The summed E-state index contributed by atoms with van der Waals surface area (Å²) in [5.41, 5.74) is 3.02. The summed E-state index contributed by atoms with van der Waals surface area (Å²) in [6.45, 7) is 1.84. The Hall–Kier alpha value is -3.71. The second-order valence-electron chi connectivity index (χ2n) is 6.99. The number of benzene rings is 3. The van der Waals surface area contributed by atoms with Crippen molar-refractivity contribution >= 4 is 28.5 Å². The lowest BCUT2D eigenvalue weighted by atomic mass is 10.0. The van der Waals surface area contributed by atoms with Crippen molar-refractivity contribution in [2.75, 3.05) is 0 Å². The summed E-state index contributed by atoms with van der Waals surface area (Å²) >= 11 is 0. The van der Waals surface area contributed by atoms with Crippen LogP contribution >= 0.6 is 0 Å². The van der Waals surface area contributed by atoms with E-state index in [0.29, 0.717) is 0 Å². The van der Waals surface area contributed by atoms with Crippen LogP contribution in [0.4, 0.5) is 0 Å². The monoisotopic (exact) mass is 405 g/mol. The van der Waals surface area contributed by atoms with Gasteiger partial charge in [0.1, 0.15) is 6.04 Å². The maximum atomic E-state index is 12.9. The average molecular weight is 405 g/mol. The lowest BCUT2D eigenvalue weighted by Gasteiger charge is -2.21. The molecule has 7 nitrogen and oxygen atoms in total. The SMILES string of the molecule is C[C@H](NC(=O)[C@H](Cc1ccc2ccccc2c1)NC(=O)C(=O)NO)c1ccccc1. The highest BCUT2D eigenvalue weighted by Crippen LogP contribution is 2.17. The van der Waals surface area contributed by atoms with Crippen LogP contribution in [0.3, 0.4) is 0 Å². The quantitative estimate of drug-likeness (QED) is 0.287. The highest BCUT2D eigenvalue weighted by atomic mass is 16.5. The molecule has 0 radical (unpaired) electrons. The van der Waals surface area contributed by atoms with Gasteiger partial charge in [-0.3, -0.25) is 19.6 Å². The molecule has 0 aliphatic rings. The average Bonchev–Trinajstić information content (AvgIpc) is 2.78. The van der Waals surface area contributed by atoms with Crippen molar-refractivity contribution in [2.24, 2.45) is 0 Å². The van der Waals surface area contributed by atoms with Gasteiger partial charge in [-0.15, -0.1) is 0 Å². The first kappa shape index (κ1) is 21.0. The zero-order chi connectivity index (χ0) is 21.5. The normalized spacial score (nSPS) is 12.6. The van der Waals surface area contributed by atoms with Crippen molar-refractivity contribution in [3.05, 3.63) is 83.9 Å². The largest absolute Gasteiger partial charge is 0.348 e. The van der Waals surface area contributed by atoms with Crippen LogP contribution in [0.5, 0.6) is 0 Å². The van der Waals surface area contributed by atoms with Gasteiger partial charge >= 0.3 is 11.8 Å². The molecule has 30 heavy (non-hydrogen) atoms. The number of carbonyl (C=O) groups excluding carboxylic acids is 3. The number of fused-ring (bicyclic) bond motifs is 1. The molecule has 3 aromatic carbocycles. The van der Waals surface area contributed by atoms with Gasteiger partial charge in [-0.2, -0.15) is 0 Å². The number of hydrogen-bond acceptors (Lipinski definition) is 4. The van der Waals surface area contributed by atoms with E-state index in [1.165, 1.54) is 5.48 Å². The molecule has 7 heteroatoms. The van der Waals surface area contributed by atoms with E-state index in [1.54, 1.807) is 0 Å². The van der Waals surface area contributed by atoms with Crippen molar-refractivity contribution in [3.8, 4) is 0 Å². The number of amides is 3. The van der Waals surface area contributed by atoms with E-state index in [2.05, 4.69) is 10.6 Å². The lowest BCUT2D eigenvalue weighted by molar-refractivity contribution is -0.145. The molecule has 154 valence electrons. The first-order valence-electron chi connectivity index (χ1n) is 9.56. The zero-order valence-corrected chi connectivity index (χ0v) is 16.5. The maximum absolute atomic E-state index is 12.9. The Kier molecular flexibility index (Phi) is 6.77. The Balaban J connectivity index is 1.80. The molecule has 0 aromatic heterocycles. The fourth-order valence-electron chi connectivity index (χ4n) is 3.22. The Bertz CT molecular complexity index is 1050. The molecule has 3 aromatic rings. The third-order valence-electron chi connectivity index (χ3n) is 4.84. The van der Waals surface area contributed by atoms with Gasteiger partial charge in [0.05, 0.1) is 6.04 Å². The molecule has 0 aliphatic carbocycles. The van der Waals surface area contributed by atoms with E-state index in [9.17, 15) is 14.4 Å². The molecule has 3 amide bonds. The minimum atomic E-state index is -1.23. The van der Waals surface area contributed by atoms with Gasteiger partial charge in [-0.25, -0.2) is 5.48 Å². The number of hydrogen-bond donors (Lipinski definition) is 4. The zero-order valence-electron chi connectivity index (χ0n) is 16.5. The lowest BCUT2D eigenvalue weighted by Crippen LogP contribution is -2.52. The topological polar surface area (TPSA) is 108 Å². The second-order valence-corrected chi connectivity index (χ2v) is 6.99. The summed E-state index contributed by atoms with van der Waals surface area (Å²) in [5.74, 6) is -2.76. The van der Waals surface area contributed by atoms with Crippen molar-refractivity contribution in [1.82, 2.24) is 16.1 Å². The van der Waals surface area contributed by atoms with E-state index in [-0.39, 0.29) is 12.5 Å². The molecule has 0 aliphatic heterocycles. The van der Waals surface area contributed by atoms with Crippen molar-refractivity contribution in [1.29, 1.82) is 0 Å². The van der Waals surface area contributed by atoms with Crippen LogP contribution in [0.25, 0.3) is 10.8 Å². The fraction of sp³-hybridized carbons (Fsp3) is 0.174. The third kappa shape index (κ3) is 5.21. The van der Waals surface area contributed by atoms with Crippen LogP contribution in [-0.4, -0.2) is 29.0 Å². The van der Waals surface area contributed by atoms with Gasteiger partial charge in [-0.05, 0) is 28.8 Å². The van der Waals surface area contributed by atoms with Gasteiger partial charge < -0.3 is 10.6 Å². The Morgan fingerprint density at radius 1 is 0.833 bits per heavy atom. The molecular formula is C23H23N3O4. The molecule has 0 fully saturated rings. The van der Waals surface area contributed by atoms with E-state index in [0.717, 1.165) is 21.9 Å². The Morgan fingerprint density at radius 2 is 1.50 bits per heavy atom. The van der Waals surface area contributed by atoms with Gasteiger partial charge in [0.15, 0.2) is 0 Å². The summed E-state index contributed by atoms with van der Waals surface area (Å²) in [4.78, 5) is 36.3. The van der Waals surface area contributed by atoms with E-state index in [4.69, 9.17) is 5.21 Å². The number of nitrogens with one attached hydrogen (secondary N) is 3. The van der Waals surface area contributed by atoms with Crippen molar-refractivity contribution < 1.29 is 19.6 Å². The number of carbonyl (C=O) groups is 3. The third-order valence-corrected chi connectivity index (χ3v) is 4.84. The minimum absolute atomic E-state index is 0.183. The van der Waals surface area contributed by atoms with Gasteiger partial charge in [0.25, 0.3) is 0 Å². The van der Waals surface area contributed by atoms with E-state index < -0.39 is 23.8 Å². The smallest absolute Gasteiger partial charge is 0.332 e. The molecule has 0 heterocycles. The summed E-state index contributed by atoms with van der Waals surface area (Å²) in [7, 11) is 0. The van der Waals surface area contributed by atoms with E-state index in [1.807, 2.05) is 79.7 Å². The molecule has 0 unspecified atom stereocenters. The molecule has 0 bridgehead atoms. The predicted molar refractivity (Wildman–Crippen MR) is 113 cm³/mol. The maximum Gasteiger partial charge on any atom is 0.332 e. The van der Waals surface area contributed by atoms with Crippen LogP contribution in [-0.2, 0) is 20.8 Å². The molecule has 2 atom stereocenters. The van der Waals surface area contributed by atoms with Crippen LogP contribution in [0.2, 0.25) is 0 Å². The Labute approximate surface area is 174 Å². The van der Waals surface area contributed by atoms with Gasteiger partial charge in [0.2, 0.25) is 5.91 Å². The van der Waals surface area contributed by atoms with E-state index >= 15 is 0 Å². The first-order valence-corrected chi connectivity index (χ1v) is 9.56. The molecule has 4 N–H and O–H groups in total. The van der Waals surface area contributed by atoms with Crippen LogP contribution in [0.15, 0.2) is 72.8 Å². The summed E-state index contributed by atoms with van der Waals surface area (Å²) in [6.07, 6.45) is 0.183. The predicted octanol–water partition coefficient (Wildman–Crippen LogP) is 2.25. The minimum Gasteiger partial charge on any atom is -0.348 e. The second kappa shape index (κ2) is 9.67. The molecular weight excluding hydrogens is 382 g/mol. The number of hydroxylamine groups is 1. The van der Waals surface area contributed by atoms with Crippen LogP contribution in [0, 0.1) is 0 Å². The molecule has 0 saturated heterocycles. The first-order chi connectivity index (χ1) is 14.5. The van der Waals surface area contributed by atoms with Crippen molar-refractivity contribution in [3.63, 3.8) is 0 Å². The molecule has 3 rings (SSSR count). The Morgan fingerprint density at radius 3 is 2.20 bits per heavy atom. The van der Waals surface area contributed by atoms with Gasteiger partial charge in [-0.1, -0.05) is 72.8 Å². The molecule has 0 saturated carbocycles. The highest BCUT2D eigenvalue weighted by Gasteiger charge is 2.25. The van der Waals surface area contributed by atoms with Crippen LogP contribution < -0.4 is 16.1 Å². The highest BCUT2D eigenvalue weighted by molar-refractivity contribution is 6.35. The van der Waals surface area contributed by atoms with Crippen LogP contribution in [0.1, 0.15) is 24.1 Å². The standard InChI is InChI=1S/C23H23N3O4/c1-15(17-7-3-2-4-8-17)24-21(27)20(25-22(28)23(29)26-30)14-16-11-12-18-9-5-6-10-19(18)13-16/h2-13,15,20,30H,14H2,1H3,(H,24,27)(H,25,28)(H,26,29)/t15-,20-/m0/s1. The summed E-state index contributed by atoms with van der Waals surface area (Å²) in [5, 5.41) is 16.0.